The van der Waals surface area contributed by atoms with Crippen LogP contribution in [0.15, 0.2) is 24.3 Å². The van der Waals surface area contributed by atoms with E-state index in [-0.39, 0.29) is 12.3 Å². The minimum absolute atomic E-state index is 0.0647. The van der Waals surface area contributed by atoms with E-state index in [1.54, 1.807) is 6.07 Å². The highest BCUT2D eigenvalue weighted by atomic mass is 16.5. The SMILES string of the molecule is CC(C)(CC(=O)Nc1cccc(COCC2CC2)c1)C(=O)O. The van der Waals surface area contributed by atoms with Crippen molar-refractivity contribution in [3.05, 3.63) is 29.8 Å². The van der Waals surface area contributed by atoms with Gasteiger partial charge >= 0.3 is 5.97 Å². The molecule has 1 aliphatic rings. The van der Waals surface area contributed by atoms with Crippen LogP contribution in [-0.2, 0) is 20.9 Å². The second kappa shape index (κ2) is 6.92. The summed E-state index contributed by atoms with van der Waals surface area (Å²) in [5.74, 6) is -0.561. The van der Waals surface area contributed by atoms with Crippen LogP contribution in [0.25, 0.3) is 0 Å². The lowest BCUT2D eigenvalue weighted by Gasteiger charge is -2.18. The number of carboxylic acids is 1. The first-order valence-corrected chi connectivity index (χ1v) is 7.57. The topological polar surface area (TPSA) is 75.6 Å². The third-order valence-corrected chi connectivity index (χ3v) is 3.71. The van der Waals surface area contributed by atoms with Crippen LogP contribution >= 0.6 is 0 Å². The van der Waals surface area contributed by atoms with Gasteiger partial charge in [-0.1, -0.05) is 12.1 Å². The van der Waals surface area contributed by atoms with Crippen LogP contribution in [0.1, 0.15) is 38.7 Å². The summed E-state index contributed by atoms with van der Waals surface area (Å²) in [7, 11) is 0. The Hall–Kier alpha value is -1.88. The fraction of sp³-hybridized carbons (Fsp3) is 0.529. The monoisotopic (exact) mass is 305 g/mol. The number of nitrogens with one attached hydrogen (secondary N) is 1. The zero-order valence-corrected chi connectivity index (χ0v) is 13.1. The molecule has 0 unspecified atom stereocenters. The lowest BCUT2D eigenvalue weighted by atomic mass is 9.89. The van der Waals surface area contributed by atoms with Crippen molar-refractivity contribution in [2.75, 3.05) is 11.9 Å². The standard InChI is InChI=1S/C17H23NO4/c1-17(2,16(20)21)9-15(19)18-14-5-3-4-13(8-14)11-22-10-12-6-7-12/h3-5,8,12H,6-7,9-11H2,1-2H3,(H,18,19)(H,20,21). The molecule has 1 saturated carbocycles. The lowest BCUT2D eigenvalue weighted by Crippen LogP contribution is -2.29. The molecule has 2 N–H and O–H groups in total. The largest absolute Gasteiger partial charge is 0.481 e. The summed E-state index contributed by atoms with van der Waals surface area (Å²) in [4.78, 5) is 23.0. The van der Waals surface area contributed by atoms with E-state index in [0.717, 1.165) is 18.1 Å². The van der Waals surface area contributed by atoms with E-state index in [9.17, 15) is 9.59 Å². The molecule has 5 nitrogen and oxygen atoms in total. The Morgan fingerprint density at radius 2 is 2.09 bits per heavy atom. The summed E-state index contributed by atoms with van der Waals surface area (Å²) in [6.07, 6.45) is 2.45. The van der Waals surface area contributed by atoms with E-state index < -0.39 is 11.4 Å². The number of benzene rings is 1. The zero-order chi connectivity index (χ0) is 16.2. The fourth-order valence-electron chi connectivity index (χ4n) is 2.05. The molecule has 22 heavy (non-hydrogen) atoms. The van der Waals surface area contributed by atoms with Gasteiger partial charge in [-0.15, -0.1) is 0 Å². The molecule has 0 saturated heterocycles. The zero-order valence-electron chi connectivity index (χ0n) is 13.1. The van der Waals surface area contributed by atoms with Crippen LogP contribution in [0.5, 0.6) is 0 Å². The predicted octanol–water partition coefficient (Wildman–Crippen LogP) is 3.05. The summed E-state index contributed by atoms with van der Waals surface area (Å²) in [5.41, 5.74) is 0.587. The Bertz CT molecular complexity index is 549. The summed E-state index contributed by atoms with van der Waals surface area (Å²) in [6, 6.07) is 7.45. The molecule has 0 radical (unpaired) electrons. The summed E-state index contributed by atoms with van der Waals surface area (Å²) in [6.45, 7) is 4.40. The maximum Gasteiger partial charge on any atom is 0.309 e. The second-order valence-electron chi connectivity index (χ2n) is 6.57. The normalized spacial score (nSPS) is 14.6. The van der Waals surface area contributed by atoms with Gasteiger partial charge in [0.1, 0.15) is 0 Å². The van der Waals surface area contributed by atoms with Crippen LogP contribution in [-0.4, -0.2) is 23.6 Å². The Morgan fingerprint density at radius 3 is 2.73 bits per heavy atom. The molecule has 0 heterocycles. The molecule has 0 aliphatic heterocycles. The van der Waals surface area contributed by atoms with Crippen LogP contribution in [0.3, 0.4) is 0 Å². The minimum atomic E-state index is -1.07. The molecule has 0 aromatic heterocycles. The average Bonchev–Trinajstić information content (AvgIpc) is 3.22. The predicted molar refractivity (Wildman–Crippen MR) is 83.5 cm³/mol. The van der Waals surface area contributed by atoms with Crippen LogP contribution in [0.4, 0.5) is 5.69 Å². The van der Waals surface area contributed by atoms with E-state index in [1.807, 2.05) is 18.2 Å². The van der Waals surface area contributed by atoms with Gasteiger partial charge in [-0.25, -0.2) is 0 Å². The second-order valence-corrected chi connectivity index (χ2v) is 6.57. The number of ether oxygens (including phenoxy) is 1. The van der Waals surface area contributed by atoms with Crippen molar-refractivity contribution in [2.24, 2.45) is 11.3 Å². The van der Waals surface area contributed by atoms with E-state index in [0.29, 0.717) is 12.3 Å². The number of anilines is 1. The van der Waals surface area contributed by atoms with E-state index >= 15 is 0 Å². The van der Waals surface area contributed by atoms with Crippen molar-refractivity contribution in [2.45, 2.75) is 39.7 Å². The number of aliphatic carboxylic acids is 1. The molecule has 1 aromatic carbocycles. The smallest absolute Gasteiger partial charge is 0.309 e. The number of rotatable bonds is 8. The van der Waals surface area contributed by atoms with Gasteiger partial charge in [-0.05, 0) is 50.3 Å². The highest BCUT2D eigenvalue weighted by Gasteiger charge is 2.30. The Balaban J connectivity index is 1.85. The molecule has 0 bridgehead atoms. The van der Waals surface area contributed by atoms with Crippen LogP contribution in [0, 0.1) is 11.3 Å². The fourth-order valence-corrected chi connectivity index (χ4v) is 2.05. The van der Waals surface area contributed by atoms with Crippen LogP contribution in [0.2, 0.25) is 0 Å². The molecule has 2 rings (SSSR count). The van der Waals surface area contributed by atoms with Gasteiger partial charge in [0.15, 0.2) is 0 Å². The number of hydrogen-bond acceptors (Lipinski definition) is 3. The molecule has 1 fully saturated rings. The molecule has 1 aliphatic carbocycles. The first kappa shape index (κ1) is 16.5. The molecule has 1 aromatic rings. The van der Waals surface area contributed by atoms with Gasteiger partial charge in [0.2, 0.25) is 5.91 Å². The molecule has 120 valence electrons. The highest BCUT2D eigenvalue weighted by molar-refractivity contribution is 5.94. The van der Waals surface area contributed by atoms with Crippen molar-refractivity contribution in [1.82, 2.24) is 0 Å². The van der Waals surface area contributed by atoms with Crippen molar-refractivity contribution < 1.29 is 19.4 Å². The van der Waals surface area contributed by atoms with E-state index in [4.69, 9.17) is 9.84 Å². The van der Waals surface area contributed by atoms with Gasteiger partial charge in [0, 0.05) is 18.7 Å². The van der Waals surface area contributed by atoms with E-state index in [2.05, 4.69) is 5.32 Å². The van der Waals surface area contributed by atoms with Crippen LogP contribution < -0.4 is 5.32 Å². The minimum Gasteiger partial charge on any atom is -0.481 e. The number of amides is 1. The third-order valence-electron chi connectivity index (χ3n) is 3.71. The van der Waals surface area contributed by atoms with Gasteiger partial charge in [0.25, 0.3) is 0 Å². The summed E-state index contributed by atoms with van der Waals surface area (Å²) >= 11 is 0. The van der Waals surface area contributed by atoms with Crippen molar-refractivity contribution >= 4 is 17.6 Å². The number of carbonyl (C=O) groups is 2. The molecule has 0 spiro atoms. The average molecular weight is 305 g/mol. The number of carbonyl (C=O) groups excluding carboxylic acids is 1. The number of carboxylic acid groups (broad SMARTS) is 1. The lowest BCUT2D eigenvalue weighted by molar-refractivity contribution is -0.148. The number of hydrogen-bond donors (Lipinski definition) is 2. The maximum atomic E-state index is 11.9. The molecular weight excluding hydrogens is 282 g/mol. The highest BCUT2D eigenvalue weighted by Crippen LogP contribution is 2.29. The van der Waals surface area contributed by atoms with Gasteiger partial charge in [0.05, 0.1) is 12.0 Å². The van der Waals surface area contributed by atoms with Gasteiger partial charge in [-0.2, -0.15) is 0 Å². The molecule has 0 atom stereocenters. The van der Waals surface area contributed by atoms with Crippen molar-refractivity contribution in [3.8, 4) is 0 Å². The molecular formula is C17H23NO4. The first-order valence-electron chi connectivity index (χ1n) is 7.57. The Morgan fingerprint density at radius 1 is 1.36 bits per heavy atom. The van der Waals surface area contributed by atoms with Crippen molar-refractivity contribution in [1.29, 1.82) is 0 Å². The summed E-state index contributed by atoms with van der Waals surface area (Å²) < 4.78 is 5.63. The Kier molecular flexibility index (Phi) is 5.19. The Labute approximate surface area is 130 Å². The first-order chi connectivity index (χ1) is 10.4. The summed E-state index contributed by atoms with van der Waals surface area (Å²) in [5, 5.41) is 11.8. The quantitative estimate of drug-likeness (QED) is 0.774. The van der Waals surface area contributed by atoms with E-state index in [1.165, 1.54) is 26.7 Å². The molecule has 1 amide bonds. The maximum absolute atomic E-state index is 11.9. The van der Waals surface area contributed by atoms with Gasteiger partial charge in [-0.3, -0.25) is 9.59 Å². The third kappa shape index (κ3) is 5.15. The van der Waals surface area contributed by atoms with Gasteiger partial charge < -0.3 is 15.2 Å². The van der Waals surface area contributed by atoms with Crippen molar-refractivity contribution in [3.63, 3.8) is 0 Å². The molecule has 5 heteroatoms.